The second-order valence-electron chi connectivity index (χ2n) is 6.25. The molecule has 144 valence electrons. The molecule has 29 heavy (non-hydrogen) atoms. The Hall–Kier alpha value is -3.51. The van der Waals surface area contributed by atoms with Crippen LogP contribution in [0, 0.1) is 5.82 Å². The molecule has 0 saturated heterocycles. The molecule has 1 aromatic heterocycles. The standard InChI is InChI=1S/C22H15ClFN3O2/c23-18-12-5-4-11-17(18)19(25-20(28)15-9-6-10-16(24)13-15)22-27-26-21(29-22)14-7-2-1-3-8-14/h1-13,19H,(H,25,28)/t19-/m0/s1. The average molecular weight is 408 g/mol. The van der Waals surface area contributed by atoms with Gasteiger partial charge in [0.15, 0.2) is 0 Å². The van der Waals surface area contributed by atoms with Gasteiger partial charge in [-0.1, -0.05) is 54.1 Å². The molecule has 4 rings (SSSR count). The highest BCUT2D eigenvalue weighted by molar-refractivity contribution is 6.31. The fraction of sp³-hybridized carbons (Fsp3) is 0.0455. The number of benzene rings is 3. The van der Waals surface area contributed by atoms with Crippen molar-refractivity contribution in [3.8, 4) is 11.5 Å². The molecular formula is C22H15ClFN3O2. The van der Waals surface area contributed by atoms with E-state index in [1.54, 1.807) is 24.3 Å². The average Bonchev–Trinajstić information content (AvgIpc) is 3.23. The second kappa shape index (κ2) is 8.24. The summed E-state index contributed by atoms with van der Waals surface area (Å²) in [6, 6.07) is 20.9. The monoisotopic (exact) mass is 407 g/mol. The van der Waals surface area contributed by atoms with Crippen molar-refractivity contribution < 1.29 is 13.6 Å². The quantitative estimate of drug-likeness (QED) is 0.502. The molecule has 0 fully saturated rings. The topological polar surface area (TPSA) is 68.0 Å². The van der Waals surface area contributed by atoms with Crippen LogP contribution in [0.2, 0.25) is 5.02 Å². The number of amides is 1. The number of carbonyl (C=O) groups is 1. The van der Waals surface area contributed by atoms with E-state index in [9.17, 15) is 9.18 Å². The van der Waals surface area contributed by atoms with Crippen LogP contribution in [0.1, 0.15) is 27.9 Å². The first-order valence-corrected chi connectivity index (χ1v) is 9.19. The fourth-order valence-electron chi connectivity index (χ4n) is 2.87. The van der Waals surface area contributed by atoms with Crippen LogP contribution >= 0.6 is 11.6 Å². The fourth-order valence-corrected chi connectivity index (χ4v) is 3.12. The summed E-state index contributed by atoms with van der Waals surface area (Å²) in [6.07, 6.45) is 0. The van der Waals surface area contributed by atoms with Gasteiger partial charge in [0.05, 0.1) is 0 Å². The molecule has 1 heterocycles. The zero-order valence-corrected chi connectivity index (χ0v) is 15.8. The Balaban J connectivity index is 1.71. The van der Waals surface area contributed by atoms with Crippen LogP contribution in [0.5, 0.6) is 0 Å². The van der Waals surface area contributed by atoms with Crippen LogP contribution in [0.15, 0.2) is 83.3 Å². The first-order valence-electron chi connectivity index (χ1n) is 8.81. The van der Waals surface area contributed by atoms with Gasteiger partial charge in [-0.3, -0.25) is 4.79 Å². The van der Waals surface area contributed by atoms with Gasteiger partial charge in [-0.25, -0.2) is 4.39 Å². The SMILES string of the molecule is O=C(N[C@H](c1nnc(-c2ccccc2)o1)c1ccccc1Cl)c1cccc(F)c1. The Kier molecular flexibility index (Phi) is 5.35. The molecular weight excluding hydrogens is 393 g/mol. The molecule has 0 aliphatic carbocycles. The maximum atomic E-state index is 13.5. The number of aromatic nitrogens is 2. The van der Waals surface area contributed by atoms with E-state index in [1.807, 2.05) is 30.3 Å². The van der Waals surface area contributed by atoms with E-state index in [4.69, 9.17) is 16.0 Å². The molecule has 1 atom stereocenters. The Morgan fingerprint density at radius 3 is 2.48 bits per heavy atom. The highest BCUT2D eigenvalue weighted by Gasteiger charge is 2.26. The molecule has 0 aliphatic rings. The highest BCUT2D eigenvalue weighted by Crippen LogP contribution is 2.29. The molecule has 0 aliphatic heterocycles. The molecule has 1 amide bonds. The van der Waals surface area contributed by atoms with E-state index in [1.165, 1.54) is 18.2 Å². The van der Waals surface area contributed by atoms with E-state index in [0.29, 0.717) is 16.5 Å². The molecule has 0 bridgehead atoms. The Morgan fingerprint density at radius 1 is 0.966 bits per heavy atom. The van der Waals surface area contributed by atoms with Gasteiger partial charge < -0.3 is 9.73 Å². The number of halogens is 2. The first kappa shape index (κ1) is 18.8. The Labute approximate surface area is 171 Å². The minimum absolute atomic E-state index is 0.168. The van der Waals surface area contributed by atoms with Gasteiger partial charge in [-0.2, -0.15) is 0 Å². The van der Waals surface area contributed by atoms with Crippen molar-refractivity contribution >= 4 is 17.5 Å². The van der Waals surface area contributed by atoms with Crippen molar-refractivity contribution in [3.63, 3.8) is 0 Å². The molecule has 0 radical (unpaired) electrons. The lowest BCUT2D eigenvalue weighted by Crippen LogP contribution is -2.30. The van der Waals surface area contributed by atoms with Crippen LogP contribution in [-0.4, -0.2) is 16.1 Å². The zero-order chi connectivity index (χ0) is 20.2. The smallest absolute Gasteiger partial charge is 0.252 e. The van der Waals surface area contributed by atoms with Gasteiger partial charge in [-0.05, 0) is 36.4 Å². The minimum atomic E-state index is -0.801. The maximum absolute atomic E-state index is 13.5. The van der Waals surface area contributed by atoms with Crippen molar-refractivity contribution in [2.45, 2.75) is 6.04 Å². The number of carbonyl (C=O) groups excluding carboxylic acids is 1. The number of hydrogen-bond acceptors (Lipinski definition) is 4. The molecule has 0 spiro atoms. The predicted octanol–water partition coefficient (Wildman–Crippen LogP) is 5.05. The molecule has 7 heteroatoms. The van der Waals surface area contributed by atoms with E-state index in [0.717, 1.165) is 11.6 Å². The molecule has 0 saturated carbocycles. The number of hydrogen-bond donors (Lipinski definition) is 1. The van der Waals surface area contributed by atoms with Gasteiger partial charge in [0.25, 0.3) is 5.91 Å². The second-order valence-corrected chi connectivity index (χ2v) is 6.66. The third-order valence-electron chi connectivity index (χ3n) is 4.29. The normalized spacial score (nSPS) is 11.8. The lowest BCUT2D eigenvalue weighted by Gasteiger charge is -2.17. The predicted molar refractivity (Wildman–Crippen MR) is 107 cm³/mol. The van der Waals surface area contributed by atoms with Gasteiger partial charge >= 0.3 is 0 Å². The van der Waals surface area contributed by atoms with Crippen molar-refractivity contribution in [1.82, 2.24) is 15.5 Å². The van der Waals surface area contributed by atoms with Crippen molar-refractivity contribution in [1.29, 1.82) is 0 Å². The summed E-state index contributed by atoms with van der Waals surface area (Å²) in [4.78, 5) is 12.7. The van der Waals surface area contributed by atoms with Gasteiger partial charge in [0.2, 0.25) is 11.8 Å². The number of nitrogens with one attached hydrogen (secondary N) is 1. The summed E-state index contributed by atoms with van der Waals surface area (Å²) < 4.78 is 19.4. The largest absolute Gasteiger partial charge is 0.418 e. The number of rotatable bonds is 5. The molecule has 4 aromatic rings. The maximum Gasteiger partial charge on any atom is 0.252 e. The lowest BCUT2D eigenvalue weighted by atomic mass is 10.1. The van der Waals surface area contributed by atoms with Gasteiger partial charge in [0, 0.05) is 21.7 Å². The molecule has 5 nitrogen and oxygen atoms in total. The lowest BCUT2D eigenvalue weighted by molar-refractivity contribution is 0.0937. The minimum Gasteiger partial charge on any atom is -0.418 e. The first-order chi connectivity index (χ1) is 14.1. The Bertz CT molecular complexity index is 1150. The van der Waals surface area contributed by atoms with Crippen molar-refractivity contribution in [2.75, 3.05) is 0 Å². The summed E-state index contributed by atoms with van der Waals surface area (Å²) in [5.41, 5.74) is 1.51. The van der Waals surface area contributed by atoms with E-state index < -0.39 is 17.8 Å². The summed E-state index contributed by atoms with van der Waals surface area (Å²) in [6.45, 7) is 0. The summed E-state index contributed by atoms with van der Waals surface area (Å²) >= 11 is 6.35. The van der Waals surface area contributed by atoms with Crippen LogP contribution in [0.3, 0.4) is 0 Å². The van der Waals surface area contributed by atoms with Crippen LogP contribution in [0.25, 0.3) is 11.5 Å². The number of nitrogens with zero attached hydrogens (tertiary/aromatic N) is 2. The van der Waals surface area contributed by atoms with E-state index >= 15 is 0 Å². The molecule has 0 unspecified atom stereocenters. The van der Waals surface area contributed by atoms with Crippen LogP contribution in [0.4, 0.5) is 4.39 Å². The van der Waals surface area contributed by atoms with Crippen molar-refractivity contribution in [3.05, 3.63) is 107 Å². The summed E-state index contributed by atoms with van der Waals surface area (Å²) in [7, 11) is 0. The zero-order valence-electron chi connectivity index (χ0n) is 15.0. The molecule has 3 aromatic carbocycles. The van der Waals surface area contributed by atoms with Crippen LogP contribution in [-0.2, 0) is 0 Å². The van der Waals surface area contributed by atoms with Gasteiger partial charge in [-0.15, -0.1) is 10.2 Å². The van der Waals surface area contributed by atoms with E-state index in [2.05, 4.69) is 15.5 Å². The van der Waals surface area contributed by atoms with Crippen molar-refractivity contribution in [2.24, 2.45) is 0 Å². The highest BCUT2D eigenvalue weighted by atomic mass is 35.5. The van der Waals surface area contributed by atoms with Gasteiger partial charge in [0.1, 0.15) is 11.9 Å². The summed E-state index contributed by atoms with van der Waals surface area (Å²) in [5.74, 6) is -0.510. The third-order valence-corrected chi connectivity index (χ3v) is 4.63. The summed E-state index contributed by atoms with van der Waals surface area (Å²) in [5, 5.41) is 11.4. The van der Waals surface area contributed by atoms with Crippen LogP contribution < -0.4 is 5.32 Å². The Morgan fingerprint density at radius 2 is 1.72 bits per heavy atom. The van der Waals surface area contributed by atoms with E-state index in [-0.39, 0.29) is 11.5 Å². The molecule has 1 N–H and O–H groups in total. The third kappa shape index (κ3) is 4.17.